The molecule has 0 bridgehead atoms. The first kappa shape index (κ1) is 13.6. The standard InChI is InChI=1S/C15H14N2O3/c16-14(18)17-15(19)20-13(11-7-3-1-4-8-11)12-9-5-2-6-10-12/h1-10,13H,(H3,16,17,18,19). The zero-order valence-corrected chi connectivity index (χ0v) is 10.7. The number of carbonyl (C=O) groups is 2. The number of imide groups is 1. The van der Waals surface area contributed by atoms with E-state index >= 15 is 0 Å². The number of benzene rings is 2. The van der Waals surface area contributed by atoms with Crippen LogP contribution in [0, 0.1) is 0 Å². The van der Waals surface area contributed by atoms with E-state index in [0.29, 0.717) is 0 Å². The molecule has 2 aromatic rings. The van der Waals surface area contributed by atoms with Crippen molar-refractivity contribution in [1.82, 2.24) is 5.32 Å². The molecule has 0 heterocycles. The van der Waals surface area contributed by atoms with Gasteiger partial charge in [0.1, 0.15) is 0 Å². The minimum absolute atomic E-state index is 0.600. The fourth-order valence-electron chi connectivity index (χ4n) is 1.82. The molecule has 0 radical (unpaired) electrons. The van der Waals surface area contributed by atoms with Crippen LogP contribution in [0.3, 0.4) is 0 Å². The van der Waals surface area contributed by atoms with Gasteiger partial charge in [0.05, 0.1) is 0 Å². The number of hydrogen-bond acceptors (Lipinski definition) is 3. The molecule has 102 valence electrons. The molecule has 0 saturated heterocycles. The fourth-order valence-corrected chi connectivity index (χ4v) is 1.82. The van der Waals surface area contributed by atoms with Crippen LogP contribution in [0.5, 0.6) is 0 Å². The van der Waals surface area contributed by atoms with Gasteiger partial charge in [0.15, 0.2) is 6.10 Å². The predicted molar refractivity (Wildman–Crippen MR) is 73.9 cm³/mol. The molecule has 5 nitrogen and oxygen atoms in total. The summed E-state index contributed by atoms with van der Waals surface area (Å²) in [6.45, 7) is 0. The average Bonchev–Trinajstić information content (AvgIpc) is 2.46. The lowest BCUT2D eigenvalue weighted by atomic mass is 10.0. The van der Waals surface area contributed by atoms with Crippen LogP contribution >= 0.6 is 0 Å². The summed E-state index contributed by atoms with van der Waals surface area (Å²) in [5.41, 5.74) is 6.50. The van der Waals surface area contributed by atoms with Crippen LogP contribution in [0.15, 0.2) is 60.7 Å². The molecule has 0 atom stereocenters. The third kappa shape index (κ3) is 3.58. The molecule has 0 unspecified atom stereocenters. The minimum atomic E-state index is -0.949. The van der Waals surface area contributed by atoms with Crippen molar-refractivity contribution in [1.29, 1.82) is 0 Å². The molecule has 3 amide bonds. The van der Waals surface area contributed by atoms with Gasteiger partial charge < -0.3 is 10.5 Å². The van der Waals surface area contributed by atoms with Gasteiger partial charge in [0, 0.05) is 0 Å². The normalized spacial score (nSPS) is 10.1. The summed E-state index contributed by atoms with van der Waals surface area (Å²) in [6, 6.07) is 17.6. The molecule has 0 aliphatic heterocycles. The third-order valence-electron chi connectivity index (χ3n) is 2.65. The van der Waals surface area contributed by atoms with Crippen molar-refractivity contribution in [3.05, 3.63) is 71.8 Å². The highest BCUT2D eigenvalue weighted by Crippen LogP contribution is 2.25. The Morgan fingerprint density at radius 2 is 1.35 bits per heavy atom. The van der Waals surface area contributed by atoms with Gasteiger partial charge in [0.25, 0.3) is 0 Å². The van der Waals surface area contributed by atoms with Gasteiger partial charge in [-0.1, -0.05) is 60.7 Å². The number of alkyl carbamates (subject to hydrolysis) is 1. The smallest absolute Gasteiger partial charge is 0.416 e. The van der Waals surface area contributed by atoms with E-state index in [-0.39, 0.29) is 0 Å². The largest absolute Gasteiger partial charge is 0.436 e. The Morgan fingerprint density at radius 3 is 1.75 bits per heavy atom. The summed E-state index contributed by atoms with van der Waals surface area (Å²) >= 11 is 0. The van der Waals surface area contributed by atoms with Crippen molar-refractivity contribution in [3.63, 3.8) is 0 Å². The predicted octanol–water partition coefficient (Wildman–Crippen LogP) is 2.58. The maximum Gasteiger partial charge on any atom is 0.416 e. The van der Waals surface area contributed by atoms with Crippen LogP contribution in [-0.2, 0) is 4.74 Å². The lowest BCUT2D eigenvalue weighted by Gasteiger charge is -2.18. The summed E-state index contributed by atoms with van der Waals surface area (Å²) in [5.74, 6) is 0. The van der Waals surface area contributed by atoms with E-state index in [4.69, 9.17) is 10.5 Å². The van der Waals surface area contributed by atoms with Gasteiger partial charge in [-0.3, -0.25) is 0 Å². The zero-order chi connectivity index (χ0) is 14.4. The number of amides is 3. The van der Waals surface area contributed by atoms with Crippen molar-refractivity contribution >= 4 is 12.1 Å². The molecule has 0 aromatic heterocycles. The fraction of sp³-hybridized carbons (Fsp3) is 0.0667. The van der Waals surface area contributed by atoms with Crippen LogP contribution in [0.2, 0.25) is 0 Å². The number of nitrogens with one attached hydrogen (secondary N) is 1. The maximum atomic E-state index is 11.6. The van der Waals surface area contributed by atoms with Crippen molar-refractivity contribution in [2.24, 2.45) is 5.73 Å². The highest BCUT2D eigenvalue weighted by molar-refractivity contribution is 5.89. The number of urea groups is 1. The third-order valence-corrected chi connectivity index (χ3v) is 2.65. The topological polar surface area (TPSA) is 81.4 Å². The molecule has 0 fully saturated rings. The Labute approximate surface area is 116 Å². The summed E-state index contributed by atoms with van der Waals surface area (Å²) in [4.78, 5) is 22.3. The molecule has 20 heavy (non-hydrogen) atoms. The quantitative estimate of drug-likeness (QED) is 0.899. The number of carbonyl (C=O) groups excluding carboxylic acids is 2. The van der Waals surface area contributed by atoms with Crippen LogP contribution in [0.25, 0.3) is 0 Å². The number of ether oxygens (including phenoxy) is 1. The van der Waals surface area contributed by atoms with E-state index < -0.39 is 18.2 Å². The van der Waals surface area contributed by atoms with Gasteiger partial charge in [0.2, 0.25) is 0 Å². The maximum absolute atomic E-state index is 11.6. The molecule has 2 rings (SSSR count). The van der Waals surface area contributed by atoms with E-state index in [2.05, 4.69) is 0 Å². The number of nitrogens with two attached hydrogens (primary N) is 1. The second-order valence-electron chi connectivity index (χ2n) is 4.10. The summed E-state index contributed by atoms with van der Waals surface area (Å²) in [7, 11) is 0. The molecule has 3 N–H and O–H groups in total. The van der Waals surface area contributed by atoms with E-state index in [1.54, 1.807) is 0 Å². The van der Waals surface area contributed by atoms with Crippen molar-refractivity contribution in [2.75, 3.05) is 0 Å². The Kier molecular flexibility index (Phi) is 4.34. The first-order chi connectivity index (χ1) is 9.66. The van der Waals surface area contributed by atoms with Gasteiger partial charge >= 0.3 is 12.1 Å². The van der Waals surface area contributed by atoms with E-state index in [1.165, 1.54) is 0 Å². The number of hydrogen-bond donors (Lipinski definition) is 2. The number of primary amides is 1. The van der Waals surface area contributed by atoms with Crippen molar-refractivity contribution in [2.45, 2.75) is 6.10 Å². The molecule has 5 heteroatoms. The van der Waals surface area contributed by atoms with Crippen LogP contribution in [-0.4, -0.2) is 12.1 Å². The monoisotopic (exact) mass is 270 g/mol. The number of rotatable bonds is 3. The van der Waals surface area contributed by atoms with Gasteiger partial charge in [-0.25, -0.2) is 14.9 Å². The molecule has 0 aliphatic carbocycles. The van der Waals surface area contributed by atoms with Crippen molar-refractivity contribution in [3.8, 4) is 0 Å². The lowest BCUT2D eigenvalue weighted by molar-refractivity contribution is 0.119. The lowest BCUT2D eigenvalue weighted by Crippen LogP contribution is -2.36. The molecule has 2 aromatic carbocycles. The summed E-state index contributed by atoms with van der Waals surface area (Å²) < 4.78 is 5.28. The molecular formula is C15H14N2O3. The zero-order valence-electron chi connectivity index (χ0n) is 10.7. The second-order valence-corrected chi connectivity index (χ2v) is 4.10. The van der Waals surface area contributed by atoms with Crippen LogP contribution in [0.1, 0.15) is 17.2 Å². The first-order valence-corrected chi connectivity index (χ1v) is 6.04. The Balaban J connectivity index is 2.26. The second kappa shape index (κ2) is 6.38. The Hall–Kier alpha value is -2.82. The summed E-state index contributed by atoms with van der Waals surface area (Å²) in [6.07, 6.45) is -1.48. The van der Waals surface area contributed by atoms with Crippen molar-refractivity contribution < 1.29 is 14.3 Å². The van der Waals surface area contributed by atoms with E-state index in [9.17, 15) is 9.59 Å². The van der Waals surface area contributed by atoms with E-state index in [1.807, 2.05) is 66.0 Å². The molecular weight excluding hydrogens is 256 g/mol. The molecule has 0 saturated carbocycles. The summed E-state index contributed by atoms with van der Waals surface area (Å²) in [5, 5.41) is 1.89. The highest BCUT2D eigenvalue weighted by Gasteiger charge is 2.19. The van der Waals surface area contributed by atoms with Gasteiger partial charge in [-0.15, -0.1) is 0 Å². The van der Waals surface area contributed by atoms with E-state index in [0.717, 1.165) is 11.1 Å². The Morgan fingerprint density at radius 1 is 0.900 bits per heavy atom. The Bertz CT molecular complexity index is 545. The average molecular weight is 270 g/mol. The molecule has 0 aliphatic rings. The van der Waals surface area contributed by atoms with Gasteiger partial charge in [-0.2, -0.15) is 0 Å². The first-order valence-electron chi connectivity index (χ1n) is 6.04. The van der Waals surface area contributed by atoms with Crippen LogP contribution < -0.4 is 11.1 Å². The molecule has 0 spiro atoms. The van der Waals surface area contributed by atoms with Crippen LogP contribution in [0.4, 0.5) is 9.59 Å². The van der Waals surface area contributed by atoms with Gasteiger partial charge in [-0.05, 0) is 11.1 Å². The SMILES string of the molecule is NC(=O)NC(=O)OC(c1ccccc1)c1ccccc1. The highest BCUT2D eigenvalue weighted by atomic mass is 16.6. The minimum Gasteiger partial charge on any atom is -0.436 e.